The first-order chi connectivity index (χ1) is 7.98. The van der Waals surface area contributed by atoms with Gasteiger partial charge >= 0.3 is 0 Å². The van der Waals surface area contributed by atoms with Crippen molar-refractivity contribution in [3.8, 4) is 0 Å². The van der Waals surface area contributed by atoms with E-state index in [9.17, 15) is 8.78 Å². The molecule has 2 nitrogen and oxygen atoms in total. The maximum Gasteiger partial charge on any atom is 0.248 e. The molecule has 0 bridgehead atoms. The van der Waals surface area contributed by atoms with Gasteiger partial charge in [-0.05, 0) is 32.1 Å². The molecule has 17 heavy (non-hydrogen) atoms. The topological polar surface area (TPSA) is 35.2 Å². The molecule has 0 radical (unpaired) electrons. The molecular weight excluding hydrogens is 224 g/mol. The summed E-state index contributed by atoms with van der Waals surface area (Å²) in [6.07, 6.45) is 3.26. The van der Waals surface area contributed by atoms with Crippen molar-refractivity contribution in [2.24, 2.45) is 11.7 Å². The van der Waals surface area contributed by atoms with Crippen LogP contribution in [0.3, 0.4) is 0 Å². The number of alkyl halides is 2. The minimum atomic E-state index is -2.46. The zero-order valence-corrected chi connectivity index (χ0v) is 10.9. The molecule has 3 unspecified atom stereocenters. The summed E-state index contributed by atoms with van der Waals surface area (Å²) >= 11 is 0. The summed E-state index contributed by atoms with van der Waals surface area (Å²) in [5.41, 5.74) is 6.09. The Balaban J connectivity index is 2.38. The minimum absolute atomic E-state index is 0.00563. The summed E-state index contributed by atoms with van der Waals surface area (Å²) in [5, 5.41) is 0. The molecule has 0 aromatic heterocycles. The fourth-order valence-corrected chi connectivity index (χ4v) is 2.70. The van der Waals surface area contributed by atoms with Crippen LogP contribution >= 0.6 is 0 Å². The van der Waals surface area contributed by atoms with E-state index in [0.717, 1.165) is 12.8 Å². The fourth-order valence-electron chi connectivity index (χ4n) is 2.70. The molecular formula is C13H25F2NO. The monoisotopic (exact) mass is 249 g/mol. The Morgan fingerprint density at radius 2 is 2.12 bits per heavy atom. The Labute approximate surface area is 103 Å². The largest absolute Gasteiger partial charge is 0.377 e. The third-order valence-electron chi connectivity index (χ3n) is 3.54. The SMILES string of the molecule is CCCC(OCC)C(N)CC1CCC(F)(F)C1. The van der Waals surface area contributed by atoms with Crippen LogP contribution in [0.5, 0.6) is 0 Å². The lowest BCUT2D eigenvalue weighted by Gasteiger charge is -2.25. The molecule has 1 fully saturated rings. The number of halogens is 2. The molecule has 0 spiro atoms. The van der Waals surface area contributed by atoms with Crippen molar-refractivity contribution >= 4 is 0 Å². The van der Waals surface area contributed by atoms with E-state index in [4.69, 9.17) is 10.5 Å². The Morgan fingerprint density at radius 3 is 2.59 bits per heavy atom. The van der Waals surface area contributed by atoms with Crippen molar-refractivity contribution in [3.05, 3.63) is 0 Å². The molecule has 2 N–H and O–H groups in total. The van der Waals surface area contributed by atoms with Crippen molar-refractivity contribution in [2.45, 2.75) is 70.4 Å². The fraction of sp³-hybridized carbons (Fsp3) is 1.00. The maximum atomic E-state index is 13.1. The first kappa shape index (κ1) is 14.8. The average molecular weight is 249 g/mol. The van der Waals surface area contributed by atoms with Crippen molar-refractivity contribution in [2.75, 3.05) is 6.61 Å². The quantitative estimate of drug-likeness (QED) is 0.751. The highest BCUT2D eigenvalue weighted by Crippen LogP contribution is 2.41. The van der Waals surface area contributed by atoms with Crippen LogP contribution in [0.15, 0.2) is 0 Å². The van der Waals surface area contributed by atoms with Gasteiger partial charge in [-0.2, -0.15) is 0 Å². The molecule has 1 aliphatic rings. The van der Waals surface area contributed by atoms with E-state index in [2.05, 4.69) is 6.92 Å². The van der Waals surface area contributed by atoms with Gasteiger partial charge in [0.1, 0.15) is 0 Å². The third-order valence-corrected chi connectivity index (χ3v) is 3.54. The van der Waals surface area contributed by atoms with Crippen LogP contribution in [-0.2, 0) is 4.74 Å². The molecule has 4 heteroatoms. The average Bonchev–Trinajstić information content (AvgIpc) is 2.57. The van der Waals surface area contributed by atoms with Gasteiger partial charge in [0.05, 0.1) is 6.10 Å². The van der Waals surface area contributed by atoms with E-state index in [0.29, 0.717) is 19.4 Å². The molecule has 1 rings (SSSR count). The number of hydrogen-bond donors (Lipinski definition) is 1. The van der Waals surface area contributed by atoms with E-state index in [-0.39, 0.29) is 30.9 Å². The molecule has 1 saturated carbocycles. The van der Waals surface area contributed by atoms with Crippen LogP contribution in [0.4, 0.5) is 8.78 Å². The molecule has 0 aromatic rings. The van der Waals surface area contributed by atoms with Gasteiger partial charge in [-0.15, -0.1) is 0 Å². The Morgan fingerprint density at radius 1 is 1.41 bits per heavy atom. The number of nitrogens with two attached hydrogens (primary N) is 1. The first-order valence-corrected chi connectivity index (χ1v) is 6.73. The van der Waals surface area contributed by atoms with Crippen LogP contribution in [-0.4, -0.2) is 24.7 Å². The van der Waals surface area contributed by atoms with Crippen LogP contribution in [0.1, 0.15) is 52.4 Å². The maximum absolute atomic E-state index is 13.1. The molecule has 102 valence electrons. The van der Waals surface area contributed by atoms with Gasteiger partial charge < -0.3 is 10.5 Å². The second kappa shape index (κ2) is 6.64. The summed E-state index contributed by atoms with van der Waals surface area (Å²) in [6.45, 7) is 4.67. The molecule has 0 amide bonds. The van der Waals surface area contributed by atoms with Crippen LogP contribution in [0.2, 0.25) is 0 Å². The highest BCUT2D eigenvalue weighted by Gasteiger charge is 2.40. The predicted molar refractivity (Wildman–Crippen MR) is 65.2 cm³/mol. The zero-order chi connectivity index (χ0) is 12.9. The van der Waals surface area contributed by atoms with Crippen molar-refractivity contribution in [1.29, 1.82) is 0 Å². The van der Waals surface area contributed by atoms with Gasteiger partial charge in [-0.1, -0.05) is 13.3 Å². The van der Waals surface area contributed by atoms with Gasteiger partial charge in [-0.3, -0.25) is 0 Å². The van der Waals surface area contributed by atoms with Gasteiger partial charge in [-0.25, -0.2) is 8.78 Å². The summed E-state index contributed by atoms with van der Waals surface area (Å²) in [4.78, 5) is 0. The minimum Gasteiger partial charge on any atom is -0.377 e. The lowest BCUT2D eigenvalue weighted by molar-refractivity contribution is 0.00107. The van der Waals surface area contributed by atoms with Gasteiger partial charge in [0.2, 0.25) is 5.92 Å². The van der Waals surface area contributed by atoms with Crippen LogP contribution < -0.4 is 5.73 Å². The summed E-state index contributed by atoms with van der Waals surface area (Å²) in [6, 6.07) is -0.103. The zero-order valence-electron chi connectivity index (χ0n) is 10.9. The van der Waals surface area contributed by atoms with Gasteiger partial charge in [0.25, 0.3) is 0 Å². The highest BCUT2D eigenvalue weighted by atomic mass is 19.3. The van der Waals surface area contributed by atoms with Gasteiger partial charge in [0, 0.05) is 25.5 Å². The number of rotatable bonds is 7. The Kier molecular flexibility index (Phi) is 5.80. The van der Waals surface area contributed by atoms with E-state index in [1.54, 1.807) is 0 Å². The molecule has 0 heterocycles. The van der Waals surface area contributed by atoms with Crippen LogP contribution in [0, 0.1) is 5.92 Å². The van der Waals surface area contributed by atoms with Crippen LogP contribution in [0.25, 0.3) is 0 Å². The third kappa shape index (κ3) is 4.88. The highest BCUT2D eigenvalue weighted by molar-refractivity contribution is 4.85. The predicted octanol–water partition coefficient (Wildman–Crippen LogP) is 3.34. The van der Waals surface area contributed by atoms with Crippen molar-refractivity contribution < 1.29 is 13.5 Å². The molecule has 1 aliphatic carbocycles. The van der Waals surface area contributed by atoms with Crippen molar-refractivity contribution in [3.63, 3.8) is 0 Å². The number of hydrogen-bond acceptors (Lipinski definition) is 2. The number of ether oxygens (including phenoxy) is 1. The van der Waals surface area contributed by atoms with E-state index in [1.807, 2.05) is 6.92 Å². The first-order valence-electron chi connectivity index (χ1n) is 6.73. The lowest BCUT2D eigenvalue weighted by atomic mass is 9.93. The van der Waals surface area contributed by atoms with Crippen molar-refractivity contribution in [1.82, 2.24) is 0 Å². The molecule has 0 aromatic carbocycles. The standard InChI is InChI=1S/C13H25F2NO/c1-3-5-12(17-4-2)11(16)8-10-6-7-13(14,15)9-10/h10-12H,3-9,16H2,1-2H3. The van der Waals surface area contributed by atoms with E-state index >= 15 is 0 Å². The van der Waals surface area contributed by atoms with E-state index < -0.39 is 5.92 Å². The summed E-state index contributed by atoms with van der Waals surface area (Å²) in [7, 11) is 0. The second-order valence-corrected chi connectivity index (χ2v) is 5.15. The molecule has 0 aliphatic heterocycles. The summed E-state index contributed by atoms with van der Waals surface area (Å²) < 4.78 is 31.7. The normalized spacial score (nSPS) is 27.0. The van der Waals surface area contributed by atoms with E-state index in [1.165, 1.54) is 0 Å². The Bertz CT molecular complexity index is 217. The summed E-state index contributed by atoms with van der Waals surface area (Å²) in [5.74, 6) is -2.39. The molecule has 0 saturated heterocycles. The van der Waals surface area contributed by atoms with Gasteiger partial charge in [0.15, 0.2) is 0 Å². The lowest BCUT2D eigenvalue weighted by Crippen LogP contribution is -2.38. The second-order valence-electron chi connectivity index (χ2n) is 5.15. The Hall–Kier alpha value is -0.220. The molecule has 3 atom stereocenters. The smallest absolute Gasteiger partial charge is 0.248 e.